The summed E-state index contributed by atoms with van der Waals surface area (Å²) in [6.45, 7) is 1.64. The molecule has 2 rings (SSSR count). The van der Waals surface area contributed by atoms with Crippen molar-refractivity contribution in [3.63, 3.8) is 0 Å². The van der Waals surface area contributed by atoms with Crippen molar-refractivity contribution in [3.8, 4) is 0 Å². The molecule has 1 fully saturated rings. The molecule has 64 valence electrons. The molecule has 0 radical (unpaired) electrons. The zero-order valence-electron chi connectivity index (χ0n) is 6.69. The van der Waals surface area contributed by atoms with E-state index in [9.17, 15) is 9.59 Å². The average molecular weight is 166 g/mol. The van der Waals surface area contributed by atoms with E-state index in [-0.39, 0.29) is 11.8 Å². The molecule has 0 aliphatic carbocycles. The summed E-state index contributed by atoms with van der Waals surface area (Å²) in [5.41, 5.74) is 0. The van der Waals surface area contributed by atoms with Crippen LogP contribution in [-0.4, -0.2) is 34.9 Å². The fraction of sp³-hybridized carbons (Fsp3) is 0.500. The van der Waals surface area contributed by atoms with Crippen LogP contribution in [0.3, 0.4) is 0 Å². The van der Waals surface area contributed by atoms with E-state index in [1.54, 1.807) is 0 Å². The van der Waals surface area contributed by atoms with Gasteiger partial charge in [0.1, 0.15) is 0 Å². The lowest BCUT2D eigenvalue weighted by molar-refractivity contribution is -0.153. The van der Waals surface area contributed by atoms with Gasteiger partial charge in [0, 0.05) is 25.2 Å². The summed E-state index contributed by atoms with van der Waals surface area (Å²) in [5.74, 6) is -0.413. The van der Waals surface area contributed by atoms with Gasteiger partial charge in [0.25, 0.3) is 11.8 Å². The second-order valence-corrected chi connectivity index (χ2v) is 2.98. The van der Waals surface area contributed by atoms with Gasteiger partial charge in [0.15, 0.2) is 0 Å². The topological polar surface area (TPSA) is 40.6 Å². The minimum absolute atomic E-state index is 0.207. The van der Waals surface area contributed by atoms with Crippen LogP contribution in [0, 0.1) is 0 Å². The van der Waals surface area contributed by atoms with Gasteiger partial charge < -0.3 is 0 Å². The third-order valence-electron chi connectivity index (χ3n) is 2.15. The molecular weight excluding hydrogens is 156 g/mol. The van der Waals surface area contributed by atoms with E-state index < -0.39 is 0 Å². The number of nitrogens with zero attached hydrogens (tertiary/aromatic N) is 2. The van der Waals surface area contributed by atoms with Crippen LogP contribution < -0.4 is 0 Å². The molecule has 0 N–H and O–H groups in total. The molecule has 4 heteroatoms. The first-order valence-electron chi connectivity index (χ1n) is 4.10. The fourth-order valence-electron chi connectivity index (χ4n) is 1.57. The smallest absolute Gasteiger partial charge is 0.268 e. The minimum atomic E-state index is -0.207. The number of carbonyl (C=O) groups excluding carboxylic acids is 2. The van der Waals surface area contributed by atoms with Gasteiger partial charge in [-0.15, -0.1) is 0 Å². The fourth-order valence-corrected chi connectivity index (χ4v) is 1.57. The Balaban J connectivity index is 2.12. The SMILES string of the molecule is O=C1C=CC(=O)N1N1CCCC1. The molecule has 0 aromatic carbocycles. The van der Waals surface area contributed by atoms with Crippen LogP contribution in [-0.2, 0) is 9.59 Å². The first-order chi connectivity index (χ1) is 5.79. The quantitative estimate of drug-likeness (QED) is 0.512. The van der Waals surface area contributed by atoms with E-state index >= 15 is 0 Å². The van der Waals surface area contributed by atoms with Gasteiger partial charge in [-0.1, -0.05) is 0 Å². The van der Waals surface area contributed by atoms with E-state index in [2.05, 4.69) is 0 Å². The Morgan fingerprint density at radius 2 is 1.50 bits per heavy atom. The summed E-state index contributed by atoms with van der Waals surface area (Å²) in [5, 5.41) is 3.04. The Morgan fingerprint density at radius 3 is 2.00 bits per heavy atom. The summed E-state index contributed by atoms with van der Waals surface area (Å²) in [4.78, 5) is 22.3. The molecule has 0 unspecified atom stereocenters. The molecule has 0 aromatic heterocycles. The Bertz CT molecular complexity index is 236. The maximum absolute atomic E-state index is 11.1. The van der Waals surface area contributed by atoms with Crippen molar-refractivity contribution in [2.45, 2.75) is 12.8 Å². The van der Waals surface area contributed by atoms with Crippen molar-refractivity contribution in [1.82, 2.24) is 10.0 Å². The first-order valence-corrected chi connectivity index (χ1v) is 4.10. The van der Waals surface area contributed by atoms with Crippen molar-refractivity contribution in [2.75, 3.05) is 13.1 Å². The first kappa shape index (κ1) is 7.49. The van der Waals surface area contributed by atoms with Gasteiger partial charge in [0.2, 0.25) is 0 Å². The molecule has 2 amide bonds. The molecule has 2 aliphatic heterocycles. The number of amides is 2. The highest BCUT2D eigenvalue weighted by Gasteiger charge is 2.30. The molecule has 0 atom stereocenters. The van der Waals surface area contributed by atoms with Crippen molar-refractivity contribution in [2.24, 2.45) is 0 Å². The van der Waals surface area contributed by atoms with Crippen LogP contribution in [0.1, 0.15) is 12.8 Å². The Kier molecular flexibility index (Phi) is 1.69. The highest BCUT2D eigenvalue weighted by molar-refractivity contribution is 6.12. The number of hydrazine groups is 1. The largest absolute Gasteiger partial charge is 0.268 e. The van der Waals surface area contributed by atoms with Gasteiger partial charge in [-0.2, -0.15) is 0 Å². The lowest BCUT2D eigenvalue weighted by atomic mass is 10.4. The Labute approximate surface area is 70.4 Å². The van der Waals surface area contributed by atoms with E-state index in [1.165, 1.54) is 17.2 Å². The minimum Gasteiger partial charge on any atom is -0.268 e. The third kappa shape index (κ3) is 1.04. The summed E-state index contributed by atoms with van der Waals surface area (Å²) >= 11 is 0. The number of imide groups is 1. The molecule has 12 heavy (non-hydrogen) atoms. The van der Waals surface area contributed by atoms with Crippen LogP contribution in [0.5, 0.6) is 0 Å². The summed E-state index contributed by atoms with van der Waals surface area (Å²) < 4.78 is 0. The third-order valence-corrected chi connectivity index (χ3v) is 2.15. The van der Waals surface area contributed by atoms with Crippen molar-refractivity contribution >= 4 is 11.8 Å². The number of hydrogen-bond donors (Lipinski definition) is 0. The average Bonchev–Trinajstić information content (AvgIpc) is 2.61. The molecular formula is C8H10N2O2. The summed E-state index contributed by atoms with van der Waals surface area (Å²) in [7, 11) is 0. The number of carbonyl (C=O) groups is 2. The van der Waals surface area contributed by atoms with Gasteiger partial charge >= 0.3 is 0 Å². The van der Waals surface area contributed by atoms with Gasteiger partial charge in [0.05, 0.1) is 0 Å². The van der Waals surface area contributed by atoms with Crippen LogP contribution in [0.4, 0.5) is 0 Å². The lowest BCUT2D eigenvalue weighted by Crippen LogP contribution is -2.44. The molecule has 0 spiro atoms. The van der Waals surface area contributed by atoms with Gasteiger partial charge in [-0.3, -0.25) is 9.59 Å². The number of rotatable bonds is 1. The van der Waals surface area contributed by atoms with Crippen molar-refractivity contribution in [3.05, 3.63) is 12.2 Å². The van der Waals surface area contributed by atoms with Crippen LogP contribution in [0.15, 0.2) is 12.2 Å². The van der Waals surface area contributed by atoms with Crippen LogP contribution in [0.25, 0.3) is 0 Å². The molecule has 0 bridgehead atoms. The van der Waals surface area contributed by atoms with Gasteiger partial charge in [-0.05, 0) is 12.8 Å². The highest BCUT2D eigenvalue weighted by atomic mass is 16.2. The second-order valence-electron chi connectivity index (χ2n) is 2.98. The Morgan fingerprint density at radius 1 is 1.00 bits per heavy atom. The van der Waals surface area contributed by atoms with Crippen molar-refractivity contribution in [1.29, 1.82) is 0 Å². The molecule has 1 saturated heterocycles. The Hall–Kier alpha value is -1.16. The predicted molar refractivity (Wildman–Crippen MR) is 41.8 cm³/mol. The molecule has 0 aromatic rings. The van der Waals surface area contributed by atoms with E-state index in [4.69, 9.17) is 0 Å². The maximum Gasteiger partial charge on any atom is 0.268 e. The van der Waals surface area contributed by atoms with E-state index in [0.717, 1.165) is 25.9 Å². The van der Waals surface area contributed by atoms with Crippen LogP contribution in [0.2, 0.25) is 0 Å². The second kappa shape index (κ2) is 2.71. The standard InChI is InChI=1S/C8H10N2O2/c11-7-3-4-8(12)10(7)9-5-1-2-6-9/h3-4H,1-2,5-6H2. The van der Waals surface area contributed by atoms with E-state index in [1.807, 2.05) is 5.01 Å². The van der Waals surface area contributed by atoms with Crippen molar-refractivity contribution < 1.29 is 9.59 Å². The summed E-state index contributed by atoms with van der Waals surface area (Å²) in [6.07, 6.45) is 4.77. The summed E-state index contributed by atoms with van der Waals surface area (Å²) in [6, 6.07) is 0. The molecule has 2 aliphatic rings. The molecule has 4 nitrogen and oxygen atoms in total. The normalized spacial score (nSPS) is 24.5. The maximum atomic E-state index is 11.1. The monoisotopic (exact) mass is 166 g/mol. The van der Waals surface area contributed by atoms with Gasteiger partial charge in [-0.25, -0.2) is 10.0 Å². The van der Waals surface area contributed by atoms with E-state index in [0.29, 0.717) is 0 Å². The lowest BCUT2D eigenvalue weighted by Gasteiger charge is -2.24. The number of hydrogen-bond acceptors (Lipinski definition) is 3. The molecule has 2 heterocycles. The predicted octanol–water partition coefficient (Wildman–Crippen LogP) is -0.0778. The zero-order chi connectivity index (χ0) is 8.55. The highest BCUT2D eigenvalue weighted by Crippen LogP contribution is 2.15. The molecule has 0 saturated carbocycles. The van der Waals surface area contributed by atoms with Crippen LogP contribution >= 0.6 is 0 Å². The zero-order valence-corrected chi connectivity index (χ0v) is 6.69.